The summed E-state index contributed by atoms with van der Waals surface area (Å²) in [5.41, 5.74) is 1.13. The van der Waals surface area contributed by atoms with Crippen LogP contribution in [0.2, 0.25) is 0 Å². The van der Waals surface area contributed by atoms with E-state index < -0.39 is 21.6 Å². The molecule has 2 rings (SSSR count). The summed E-state index contributed by atoms with van der Waals surface area (Å²) in [6, 6.07) is 12.8. The van der Waals surface area contributed by atoms with Crippen molar-refractivity contribution in [2.75, 3.05) is 0 Å². The van der Waals surface area contributed by atoms with Crippen molar-refractivity contribution in [2.45, 2.75) is 51.0 Å². The van der Waals surface area contributed by atoms with Crippen LogP contribution in [0.1, 0.15) is 44.7 Å². The Morgan fingerprint density at radius 3 is 2.00 bits per heavy atom. The number of aryl methyl sites for hydroxylation is 1. The van der Waals surface area contributed by atoms with E-state index in [1.165, 1.54) is 24.3 Å². The van der Waals surface area contributed by atoms with Gasteiger partial charge in [-0.05, 0) is 64.4 Å². The van der Waals surface area contributed by atoms with Gasteiger partial charge >= 0.3 is 16.1 Å². The van der Waals surface area contributed by atoms with Crippen LogP contribution in [-0.2, 0) is 19.6 Å². The van der Waals surface area contributed by atoms with E-state index in [1.807, 2.05) is 27.7 Å². The third-order valence-electron chi connectivity index (χ3n) is 3.66. The largest absolute Gasteiger partial charge is 0.460 e. The average molecular weight is 376 g/mol. The highest BCUT2D eigenvalue weighted by Crippen LogP contribution is 2.24. The summed E-state index contributed by atoms with van der Waals surface area (Å²) >= 11 is 0. The molecule has 0 aromatic heterocycles. The van der Waals surface area contributed by atoms with Gasteiger partial charge in [0.25, 0.3) is 0 Å². The second-order valence-corrected chi connectivity index (χ2v) is 8.72. The van der Waals surface area contributed by atoms with Crippen LogP contribution in [-0.4, -0.2) is 20.0 Å². The fourth-order valence-corrected chi connectivity index (χ4v) is 3.15. The molecule has 0 radical (unpaired) electrons. The van der Waals surface area contributed by atoms with Crippen molar-refractivity contribution in [3.63, 3.8) is 0 Å². The number of ether oxygens (including phenoxy) is 1. The zero-order valence-corrected chi connectivity index (χ0v) is 16.5. The van der Waals surface area contributed by atoms with E-state index in [4.69, 9.17) is 8.92 Å². The Hall–Kier alpha value is -2.34. The van der Waals surface area contributed by atoms with Crippen molar-refractivity contribution >= 4 is 16.1 Å². The lowest BCUT2D eigenvalue weighted by Crippen LogP contribution is -2.26. The molecule has 0 fully saturated rings. The Kier molecular flexibility index (Phi) is 5.76. The van der Waals surface area contributed by atoms with E-state index in [9.17, 15) is 13.2 Å². The van der Waals surface area contributed by atoms with Crippen LogP contribution in [0, 0.1) is 6.92 Å². The van der Waals surface area contributed by atoms with Crippen molar-refractivity contribution < 1.29 is 22.1 Å². The van der Waals surface area contributed by atoms with Gasteiger partial charge < -0.3 is 8.92 Å². The quantitative estimate of drug-likeness (QED) is 0.577. The zero-order chi connectivity index (χ0) is 19.5. The summed E-state index contributed by atoms with van der Waals surface area (Å²) < 4.78 is 35.1. The minimum atomic E-state index is -3.90. The molecular weight excluding hydrogens is 352 g/mol. The summed E-state index contributed by atoms with van der Waals surface area (Å²) in [5.74, 6) is -0.610. The van der Waals surface area contributed by atoms with Gasteiger partial charge in [-0.2, -0.15) is 8.42 Å². The molecule has 2 aromatic rings. The normalized spacial score (nSPS) is 13.1. The van der Waals surface area contributed by atoms with Gasteiger partial charge in [-0.15, -0.1) is 0 Å². The molecule has 0 aliphatic heterocycles. The van der Waals surface area contributed by atoms with Crippen LogP contribution in [0.15, 0.2) is 53.4 Å². The maximum Gasteiger partial charge on any atom is 0.339 e. The van der Waals surface area contributed by atoms with Crippen LogP contribution in [0.4, 0.5) is 0 Å². The van der Waals surface area contributed by atoms with E-state index in [0.717, 1.165) is 11.1 Å². The number of carbonyl (C=O) groups is 1. The molecule has 0 amide bonds. The number of esters is 1. The summed E-state index contributed by atoms with van der Waals surface area (Å²) in [5, 5.41) is 0. The topological polar surface area (TPSA) is 69.7 Å². The van der Waals surface area contributed by atoms with Crippen molar-refractivity contribution in [2.24, 2.45) is 0 Å². The van der Waals surface area contributed by atoms with Crippen molar-refractivity contribution in [1.82, 2.24) is 0 Å². The van der Waals surface area contributed by atoms with Crippen LogP contribution < -0.4 is 4.18 Å². The highest BCUT2D eigenvalue weighted by atomic mass is 32.2. The number of hydrogen-bond donors (Lipinski definition) is 0. The second kappa shape index (κ2) is 7.50. The van der Waals surface area contributed by atoms with Gasteiger partial charge in [0.15, 0.2) is 0 Å². The number of hydrogen-bond acceptors (Lipinski definition) is 5. The lowest BCUT2D eigenvalue weighted by molar-refractivity contribution is -0.156. The molecule has 5 nitrogen and oxygen atoms in total. The van der Waals surface area contributed by atoms with Gasteiger partial charge in [0.05, 0.1) is 5.92 Å². The molecule has 1 atom stereocenters. The minimum absolute atomic E-state index is 0.0919. The van der Waals surface area contributed by atoms with Crippen molar-refractivity contribution in [3.05, 3.63) is 59.7 Å². The first-order valence-electron chi connectivity index (χ1n) is 8.32. The SMILES string of the molecule is Cc1ccc(S(=O)(=O)Oc2ccc(C(C)C(=O)OC(C)(C)C)cc2)cc1. The summed E-state index contributed by atoms with van der Waals surface area (Å²) in [7, 11) is -3.90. The van der Waals surface area contributed by atoms with Crippen LogP contribution in [0.25, 0.3) is 0 Å². The third-order valence-corrected chi connectivity index (χ3v) is 4.92. The van der Waals surface area contributed by atoms with E-state index in [0.29, 0.717) is 0 Å². The molecule has 0 spiro atoms. The molecule has 140 valence electrons. The number of carbonyl (C=O) groups excluding carboxylic acids is 1. The first kappa shape index (κ1) is 20.0. The summed E-state index contributed by atoms with van der Waals surface area (Å²) in [6.45, 7) is 9.05. The first-order valence-corrected chi connectivity index (χ1v) is 9.73. The lowest BCUT2D eigenvalue weighted by atomic mass is 10.0. The number of benzene rings is 2. The molecule has 2 aromatic carbocycles. The molecule has 0 saturated carbocycles. The molecule has 0 N–H and O–H groups in total. The summed E-state index contributed by atoms with van der Waals surface area (Å²) in [6.07, 6.45) is 0. The van der Waals surface area contributed by atoms with Crippen LogP contribution >= 0.6 is 0 Å². The molecular formula is C20H24O5S. The molecule has 0 aliphatic carbocycles. The fraction of sp³-hybridized carbons (Fsp3) is 0.350. The zero-order valence-electron chi connectivity index (χ0n) is 15.6. The Balaban J connectivity index is 2.12. The van der Waals surface area contributed by atoms with E-state index in [-0.39, 0.29) is 16.6 Å². The predicted molar refractivity (Wildman–Crippen MR) is 99.7 cm³/mol. The highest BCUT2D eigenvalue weighted by molar-refractivity contribution is 7.87. The molecule has 0 heterocycles. The maximum absolute atomic E-state index is 12.3. The maximum atomic E-state index is 12.3. The predicted octanol–water partition coefficient (Wildman–Crippen LogP) is 4.21. The molecule has 6 heteroatoms. The van der Waals surface area contributed by atoms with Crippen molar-refractivity contribution in [3.8, 4) is 5.75 Å². The Morgan fingerprint density at radius 2 is 1.50 bits per heavy atom. The van der Waals surface area contributed by atoms with E-state index in [1.54, 1.807) is 31.2 Å². The molecule has 0 aliphatic rings. The van der Waals surface area contributed by atoms with Gasteiger partial charge in [-0.3, -0.25) is 4.79 Å². The van der Waals surface area contributed by atoms with Crippen molar-refractivity contribution in [1.29, 1.82) is 0 Å². The minimum Gasteiger partial charge on any atom is -0.460 e. The third kappa shape index (κ3) is 5.33. The van der Waals surface area contributed by atoms with E-state index in [2.05, 4.69) is 0 Å². The second-order valence-electron chi connectivity index (χ2n) is 7.17. The smallest absolute Gasteiger partial charge is 0.339 e. The van der Waals surface area contributed by atoms with Gasteiger partial charge in [0.1, 0.15) is 16.2 Å². The lowest BCUT2D eigenvalue weighted by Gasteiger charge is -2.22. The van der Waals surface area contributed by atoms with Gasteiger partial charge in [-0.25, -0.2) is 0 Å². The Labute approximate surface area is 155 Å². The van der Waals surface area contributed by atoms with Gasteiger partial charge in [-0.1, -0.05) is 29.8 Å². The molecule has 0 bridgehead atoms. The Morgan fingerprint density at radius 1 is 0.962 bits per heavy atom. The summed E-state index contributed by atoms with van der Waals surface area (Å²) in [4.78, 5) is 12.2. The Bertz CT molecular complexity index is 860. The van der Waals surface area contributed by atoms with E-state index >= 15 is 0 Å². The average Bonchev–Trinajstić information content (AvgIpc) is 2.53. The highest BCUT2D eigenvalue weighted by Gasteiger charge is 2.23. The molecule has 26 heavy (non-hydrogen) atoms. The number of rotatable bonds is 5. The molecule has 0 saturated heterocycles. The van der Waals surface area contributed by atoms with Gasteiger partial charge in [0, 0.05) is 0 Å². The van der Waals surface area contributed by atoms with Gasteiger partial charge in [0.2, 0.25) is 0 Å². The molecule has 1 unspecified atom stereocenters. The first-order chi connectivity index (χ1) is 12.0. The fourth-order valence-electron chi connectivity index (χ4n) is 2.22. The van der Waals surface area contributed by atoms with Crippen LogP contribution in [0.3, 0.4) is 0 Å². The monoisotopic (exact) mass is 376 g/mol. The van der Waals surface area contributed by atoms with Crippen LogP contribution in [0.5, 0.6) is 5.75 Å². The standard InChI is InChI=1S/C20H24O5S/c1-14-6-12-18(13-7-14)26(22,23)25-17-10-8-16(9-11-17)15(2)19(21)24-20(3,4)5/h6-13,15H,1-5H3.